The van der Waals surface area contributed by atoms with E-state index in [1.807, 2.05) is 31.3 Å². The number of rotatable bonds is 2. The molecule has 0 spiro atoms. The van der Waals surface area contributed by atoms with E-state index in [2.05, 4.69) is 52.0 Å². The fourth-order valence-electron chi connectivity index (χ4n) is 1.75. The number of halogens is 2. The molecule has 5 heteroatoms. The van der Waals surface area contributed by atoms with Crippen molar-refractivity contribution in [2.24, 2.45) is 0 Å². The molecule has 0 radical (unpaired) electrons. The SMILES string of the molecule is CNc1cc(C(C)(C)C)nc(-c2cc(Cl)ccc2Br)n1. The van der Waals surface area contributed by atoms with Gasteiger partial charge in [-0.05, 0) is 18.2 Å². The van der Waals surface area contributed by atoms with Crippen LogP contribution in [0.15, 0.2) is 28.7 Å². The molecule has 0 unspecified atom stereocenters. The maximum atomic E-state index is 6.08. The summed E-state index contributed by atoms with van der Waals surface area (Å²) >= 11 is 9.61. The summed E-state index contributed by atoms with van der Waals surface area (Å²) < 4.78 is 0.926. The molecule has 106 valence electrons. The highest BCUT2D eigenvalue weighted by Crippen LogP contribution is 2.31. The van der Waals surface area contributed by atoms with Crippen LogP contribution in [-0.4, -0.2) is 17.0 Å². The topological polar surface area (TPSA) is 37.8 Å². The number of nitrogens with zero attached hydrogens (tertiary/aromatic N) is 2. The molecule has 0 amide bonds. The van der Waals surface area contributed by atoms with Gasteiger partial charge in [0.25, 0.3) is 0 Å². The van der Waals surface area contributed by atoms with Crippen LogP contribution in [-0.2, 0) is 5.41 Å². The lowest BCUT2D eigenvalue weighted by Crippen LogP contribution is -2.15. The van der Waals surface area contributed by atoms with Gasteiger partial charge in [-0.2, -0.15) is 0 Å². The standard InChI is InChI=1S/C15H17BrClN3/c1-15(2,3)12-8-13(18-4)20-14(19-12)10-7-9(17)5-6-11(10)16/h5-8H,1-4H3,(H,18,19,20). The van der Waals surface area contributed by atoms with Crippen molar-refractivity contribution in [2.75, 3.05) is 12.4 Å². The Morgan fingerprint density at radius 3 is 2.45 bits per heavy atom. The van der Waals surface area contributed by atoms with E-state index >= 15 is 0 Å². The van der Waals surface area contributed by atoms with Crippen molar-refractivity contribution in [1.82, 2.24) is 9.97 Å². The first kappa shape index (κ1) is 15.3. The van der Waals surface area contributed by atoms with Crippen LogP contribution in [0.5, 0.6) is 0 Å². The molecule has 2 rings (SSSR count). The predicted octanol–water partition coefficient (Wildman–Crippen LogP) is 4.90. The van der Waals surface area contributed by atoms with E-state index in [9.17, 15) is 0 Å². The molecule has 0 saturated heterocycles. The molecule has 2 aromatic rings. The summed E-state index contributed by atoms with van der Waals surface area (Å²) in [6.45, 7) is 6.39. The monoisotopic (exact) mass is 353 g/mol. The second-order valence-corrected chi connectivity index (χ2v) is 6.88. The molecule has 0 saturated carbocycles. The Bertz CT molecular complexity index is 636. The highest BCUT2D eigenvalue weighted by atomic mass is 79.9. The molecule has 1 aromatic carbocycles. The third kappa shape index (κ3) is 3.30. The fraction of sp³-hybridized carbons (Fsp3) is 0.333. The molecule has 0 aliphatic rings. The smallest absolute Gasteiger partial charge is 0.162 e. The van der Waals surface area contributed by atoms with Crippen molar-refractivity contribution in [1.29, 1.82) is 0 Å². The lowest BCUT2D eigenvalue weighted by molar-refractivity contribution is 0.568. The third-order valence-electron chi connectivity index (χ3n) is 2.92. The van der Waals surface area contributed by atoms with Crippen molar-refractivity contribution in [2.45, 2.75) is 26.2 Å². The molecule has 20 heavy (non-hydrogen) atoms. The quantitative estimate of drug-likeness (QED) is 0.833. The molecule has 3 nitrogen and oxygen atoms in total. The second kappa shape index (κ2) is 5.70. The van der Waals surface area contributed by atoms with Crippen LogP contribution in [0.3, 0.4) is 0 Å². The number of nitrogens with one attached hydrogen (secondary N) is 1. The van der Waals surface area contributed by atoms with Crippen molar-refractivity contribution in [3.63, 3.8) is 0 Å². The van der Waals surface area contributed by atoms with Crippen molar-refractivity contribution < 1.29 is 0 Å². The van der Waals surface area contributed by atoms with Gasteiger partial charge in [-0.15, -0.1) is 0 Å². The Morgan fingerprint density at radius 2 is 1.85 bits per heavy atom. The minimum Gasteiger partial charge on any atom is -0.373 e. The van der Waals surface area contributed by atoms with Crippen LogP contribution in [0.25, 0.3) is 11.4 Å². The van der Waals surface area contributed by atoms with Crippen LogP contribution >= 0.6 is 27.5 Å². The molecule has 0 bridgehead atoms. The van der Waals surface area contributed by atoms with Crippen LogP contribution in [0.4, 0.5) is 5.82 Å². The zero-order chi connectivity index (χ0) is 14.9. The largest absolute Gasteiger partial charge is 0.373 e. The van der Waals surface area contributed by atoms with Gasteiger partial charge in [0.05, 0.1) is 5.69 Å². The predicted molar refractivity (Wildman–Crippen MR) is 88.4 cm³/mol. The Labute approximate surface area is 132 Å². The van der Waals surface area contributed by atoms with Gasteiger partial charge in [0.2, 0.25) is 0 Å². The van der Waals surface area contributed by atoms with E-state index in [0.29, 0.717) is 10.8 Å². The number of benzene rings is 1. The molecule has 0 fully saturated rings. The molecule has 1 heterocycles. The van der Waals surface area contributed by atoms with Crippen LogP contribution in [0, 0.1) is 0 Å². The van der Waals surface area contributed by atoms with Crippen LogP contribution < -0.4 is 5.32 Å². The average Bonchev–Trinajstić information content (AvgIpc) is 2.40. The van der Waals surface area contributed by atoms with E-state index < -0.39 is 0 Å². The number of anilines is 1. The lowest BCUT2D eigenvalue weighted by Gasteiger charge is -2.19. The fourth-order valence-corrected chi connectivity index (χ4v) is 2.34. The summed E-state index contributed by atoms with van der Waals surface area (Å²) in [5, 5.41) is 3.75. The molecule has 0 aliphatic heterocycles. The first-order chi connectivity index (χ1) is 9.31. The zero-order valence-electron chi connectivity index (χ0n) is 12.0. The first-order valence-corrected chi connectivity index (χ1v) is 7.51. The van der Waals surface area contributed by atoms with Crippen molar-refractivity contribution in [3.05, 3.63) is 39.5 Å². The van der Waals surface area contributed by atoms with Gasteiger partial charge in [0.1, 0.15) is 5.82 Å². The van der Waals surface area contributed by atoms with E-state index in [-0.39, 0.29) is 5.41 Å². The minimum atomic E-state index is -0.0473. The van der Waals surface area contributed by atoms with Gasteiger partial charge in [-0.25, -0.2) is 9.97 Å². The van der Waals surface area contributed by atoms with Gasteiger partial charge in [-0.3, -0.25) is 0 Å². The Kier molecular flexibility index (Phi) is 4.35. The highest BCUT2D eigenvalue weighted by Gasteiger charge is 2.19. The molecule has 0 atom stereocenters. The van der Waals surface area contributed by atoms with Crippen molar-refractivity contribution >= 4 is 33.3 Å². The number of hydrogen-bond donors (Lipinski definition) is 1. The summed E-state index contributed by atoms with van der Waals surface area (Å²) in [4.78, 5) is 9.21. The van der Waals surface area contributed by atoms with Gasteiger partial charge in [0, 0.05) is 33.6 Å². The maximum absolute atomic E-state index is 6.08. The summed E-state index contributed by atoms with van der Waals surface area (Å²) in [7, 11) is 1.85. The van der Waals surface area contributed by atoms with E-state index in [4.69, 9.17) is 11.6 Å². The molecule has 1 aromatic heterocycles. The Balaban J connectivity index is 2.64. The Hall–Kier alpha value is -1.13. The molecule has 0 aliphatic carbocycles. The summed E-state index contributed by atoms with van der Waals surface area (Å²) in [5.41, 5.74) is 1.83. The molecular weight excluding hydrogens is 338 g/mol. The van der Waals surface area contributed by atoms with Crippen LogP contribution in [0.2, 0.25) is 5.02 Å². The van der Waals surface area contributed by atoms with E-state index in [0.717, 1.165) is 21.5 Å². The van der Waals surface area contributed by atoms with E-state index in [1.165, 1.54) is 0 Å². The summed E-state index contributed by atoms with van der Waals surface area (Å²) in [5.74, 6) is 1.46. The summed E-state index contributed by atoms with van der Waals surface area (Å²) in [6, 6.07) is 7.58. The highest BCUT2D eigenvalue weighted by molar-refractivity contribution is 9.10. The maximum Gasteiger partial charge on any atom is 0.162 e. The first-order valence-electron chi connectivity index (χ1n) is 6.34. The Morgan fingerprint density at radius 1 is 1.15 bits per heavy atom. The van der Waals surface area contributed by atoms with Gasteiger partial charge in [-0.1, -0.05) is 48.3 Å². The van der Waals surface area contributed by atoms with Gasteiger partial charge in [0.15, 0.2) is 5.82 Å². The molecule has 1 N–H and O–H groups in total. The zero-order valence-corrected chi connectivity index (χ0v) is 14.3. The molecular formula is C15H17BrClN3. The average molecular weight is 355 g/mol. The number of hydrogen-bond acceptors (Lipinski definition) is 3. The normalized spacial score (nSPS) is 11.5. The second-order valence-electron chi connectivity index (χ2n) is 5.59. The van der Waals surface area contributed by atoms with Crippen LogP contribution in [0.1, 0.15) is 26.5 Å². The summed E-state index contributed by atoms with van der Waals surface area (Å²) in [6.07, 6.45) is 0. The van der Waals surface area contributed by atoms with E-state index in [1.54, 1.807) is 0 Å². The van der Waals surface area contributed by atoms with Gasteiger partial charge >= 0.3 is 0 Å². The van der Waals surface area contributed by atoms with Gasteiger partial charge < -0.3 is 5.32 Å². The lowest BCUT2D eigenvalue weighted by atomic mass is 9.92. The number of aromatic nitrogens is 2. The third-order valence-corrected chi connectivity index (χ3v) is 3.85. The minimum absolute atomic E-state index is 0.0473. The van der Waals surface area contributed by atoms with Crippen molar-refractivity contribution in [3.8, 4) is 11.4 Å².